The minimum absolute atomic E-state index is 0.115. The van der Waals surface area contributed by atoms with Crippen LogP contribution in [0.4, 0.5) is 5.69 Å². The first kappa shape index (κ1) is 35.9. The van der Waals surface area contributed by atoms with Crippen molar-refractivity contribution in [3.63, 3.8) is 0 Å². The fraction of sp³-hybridized carbons (Fsp3) is 0.211. The van der Waals surface area contributed by atoms with Gasteiger partial charge >= 0.3 is 0 Å². The quantitative estimate of drug-likeness (QED) is 0.237. The second kappa shape index (κ2) is 19.1. The first-order valence-corrected chi connectivity index (χ1v) is 14.9. The van der Waals surface area contributed by atoms with Crippen molar-refractivity contribution < 1.29 is 28.8 Å². The van der Waals surface area contributed by atoms with E-state index in [9.17, 15) is 28.8 Å². The maximum absolute atomic E-state index is 11.3. The lowest BCUT2D eigenvalue weighted by atomic mass is 9.95. The highest BCUT2D eigenvalue weighted by molar-refractivity contribution is 6.28. The Hall–Kier alpha value is -5.30. The van der Waals surface area contributed by atoms with Crippen LogP contribution in [-0.2, 0) is 28.8 Å². The van der Waals surface area contributed by atoms with Gasteiger partial charge in [-0.25, -0.2) is 4.90 Å². The number of imide groups is 1. The van der Waals surface area contributed by atoms with Crippen molar-refractivity contribution in [2.45, 2.75) is 52.4 Å². The summed E-state index contributed by atoms with van der Waals surface area (Å²) in [6.45, 7) is 8.50. The van der Waals surface area contributed by atoms with Gasteiger partial charge in [-0.15, -0.1) is 0 Å². The molecule has 0 atom stereocenters. The molecule has 0 saturated heterocycles. The van der Waals surface area contributed by atoms with E-state index in [4.69, 9.17) is 0 Å². The molecule has 45 heavy (non-hydrogen) atoms. The number of hydrogen-bond donors (Lipinski definition) is 0. The second-order valence-electron chi connectivity index (χ2n) is 10.1. The molecule has 0 fully saturated rings. The van der Waals surface area contributed by atoms with Gasteiger partial charge in [0.15, 0.2) is 23.1 Å². The molecule has 7 nitrogen and oxygen atoms in total. The number of rotatable bonds is 3. The Morgan fingerprint density at radius 1 is 0.422 bits per heavy atom. The smallest absolute Gasteiger partial charge is 0.258 e. The molecule has 2 amide bonds. The van der Waals surface area contributed by atoms with Gasteiger partial charge in [0.1, 0.15) is 11.8 Å². The number of hydrogen-bond acceptors (Lipinski definition) is 6. The molecule has 0 unspecified atom stereocenters. The van der Waals surface area contributed by atoms with Crippen LogP contribution in [0.25, 0.3) is 0 Å². The van der Waals surface area contributed by atoms with Crippen molar-refractivity contribution in [2.24, 2.45) is 0 Å². The summed E-state index contributed by atoms with van der Waals surface area (Å²) in [5, 5.41) is 0. The first-order valence-electron chi connectivity index (χ1n) is 14.9. The Balaban J connectivity index is 0.000000216. The van der Waals surface area contributed by atoms with Gasteiger partial charge in [-0.2, -0.15) is 0 Å². The minimum atomic E-state index is -0.582. The van der Waals surface area contributed by atoms with E-state index in [2.05, 4.69) is 27.7 Å². The molecular weight excluding hydrogens is 566 g/mol. The Kier molecular flexibility index (Phi) is 15.2. The van der Waals surface area contributed by atoms with Crippen LogP contribution in [0.5, 0.6) is 0 Å². The maximum Gasteiger partial charge on any atom is 0.258 e. The summed E-state index contributed by atoms with van der Waals surface area (Å²) in [7, 11) is 0. The van der Waals surface area contributed by atoms with E-state index in [0.717, 1.165) is 16.0 Å². The van der Waals surface area contributed by atoms with Gasteiger partial charge in [0.05, 0.1) is 5.69 Å². The Morgan fingerprint density at radius 2 is 0.689 bits per heavy atom. The van der Waals surface area contributed by atoms with Crippen LogP contribution >= 0.6 is 0 Å². The van der Waals surface area contributed by atoms with Crippen molar-refractivity contribution >= 4 is 40.6 Å². The van der Waals surface area contributed by atoms with Crippen LogP contribution < -0.4 is 4.90 Å². The third kappa shape index (κ3) is 10.7. The number of benzene rings is 3. The number of carbonyl (C=O) groups is 6. The topological polar surface area (TPSA) is 106 Å². The molecule has 1 heterocycles. The van der Waals surface area contributed by atoms with Gasteiger partial charge < -0.3 is 0 Å². The summed E-state index contributed by atoms with van der Waals surface area (Å²) in [6.07, 6.45) is 10.4. The Labute approximate surface area is 265 Å². The second-order valence-corrected chi connectivity index (χ2v) is 10.1. The van der Waals surface area contributed by atoms with Gasteiger partial charge in [0.2, 0.25) is 0 Å². The zero-order valence-corrected chi connectivity index (χ0v) is 26.1. The first-order chi connectivity index (χ1) is 21.7. The number of amides is 2. The van der Waals surface area contributed by atoms with Gasteiger partial charge in [0, 0.05) is 12.2 Å². The van der Waals surface area contributed by atoms with E-state index in [1.54, 1.807) is 48.5 Å². The fourth-order valence-corrected chi connectivity index (χ4v) is 4.17. The molecule has 232 valence electrons. The van der Waals surface area contributed by atoms with Crippen molar-refractivity contribution in [3.05, 3.63) is 139 Å². The lowest BCUT2D eigenvalue weighted by Crippen LogP contribution is -2.29. The monoisotopic (exact) mass is 605 g/mol. The molecule has 0 bridgehead atoms. The molecule has 6 rings (SSSR count). The average molecular weight is 606 g/mol. The summed E-state index contributed by atoms with van der Waals surface area (Å²) >= 11 is 0. The predicted molar refractivity (Wildman–Crippen MR) is 177 cm³/mol. The number of carbonyl (C=O) groups excluding carboxylic acids is 6. The molecule has 3 aromatic rings. The zero-order chi connectivity index (χ0) is 33.2. The normalized spacial score (nSPS) is 15.1. The zero-order valence-electron chi connectivity index (χ0n) is 26.1. The van der Waals surface area contributed by atoms with Crippen LogP contribution in [0.3, 0.4) is 0 Å². The van der Waals surface area contributed by atoms with Crippen LogP contribution in [0.15, 0.2) is 127 Å². The molecule has 0 radical (unpaired) electrons. The minimum Gasteiger partial charge on any atom is -0.294 e. The van der Waals surface area contributed by atoms with Crippen molar-refractivity contribution in [2.75, 3.05) is 4.90 Å². The molecule has 3 aliphatic rings. The van der Waals surface area contributed by atoms with E-state index < -0.39 is 11.8 Å². The third-order valence-corrected chi connectivity index (χ3v) is 6.05. The highest BCUT2D eigenvalue weighted by Crippen LogP contribution is 2.24. The molecule has 0 N–H and O–H groups in total. The van der Waals surface area contributed by atoms with Crippen molar-refractivity contribution in [1.29, 1.82) is 0 Å². The van der Waals surface area contributed by atoms with Crippen LogP contribution in [-0.4, -0.2) is 34.9 Å². The molecule has 7 heteroatoms. The number of ketones is 4. The van der Waals surface area contributed by atoms with E-state index in [0.29, 0.717) is 5.69 Å². The predicted octanol–water partition coefficient (Wildman–Crippen LogP) is 6.91. The van der Waals surface area contributed by atoms with Gasteiger partial charge in [-0.1, -0.05) is 119 Å². The van der Waals surface area contributed by atoms with Crippen LogP contribution in [0, 0.1) is 0 Å². The highest BCUT2D eigenvalue weighted by atomic mass is 16.2. The van der Waals surface area contributed by atoms with Crippen molar-refractivity contribution in [3.8, 4) is 0 Å². The standard InChI is InChI=1S/2C11H8O2.C10H7NO2.2C3H8/c3*12-9-6-7-10(13)11(9)8-4-2-1-3-5-8;2*1-3-2/h2*1-7,11H;1-7H;2*3H2,1-2H3. The van der Waals surface area contributed by atoms with E-state index >= 15 is 0 Å². The van der Waals surface area contributed by atoms with Gasteiger partial charge in [-0.05, 0) is 47.6 Å². The maximum atomic E-state index is 11.3. The SMILES string of the molecule is CCC.CCC.O=C1C=CC(=O)C1c1ccccc1.O=C1C=CC(=O)C1c1ccccc1.O=C1C=CC(=O)N1c1ccccc1. The van der Waals surface area contributed by atoms with E-state index in [1.807, 2.05) is 42.5 Å². The molecule has 3 aromatic carbocycles. The molecular formula is C38H39NO6. The summed E-state index contributed by atoms with van der Waals surface area (Å²) in [4.78, 5) is 68.7. The summed E-state index contributed by atoms with van der Waals surface area (Å²) < 4.78 is 0. The van der Waals surface area contributed by atoms with Gasteiger partial charge in [-0.3, -0.25) is 28.8 Å². The molecule has 1 aliphatic heterocycles. The number of anilines is 1. The largest absolute Gasteiger partial charge is 0.294 e. The summed E-state index contributed by atoms with van der Waals surface area (Å²) in [5.41, 5.74) is 2.17. The molecule has 0 saturated carbocycles. The Bertz CT molecular complexity index is 1300. The highest BCUT2D eigenvalue weighted by Gasteiger charge is 2.30. The van der Waals surface area contributed by atoms with Crippen molar-refractivity contribution in [1.82, 2.24) is 0 Å². The fourth-order valence-electron chi connectivity index (χ4n) is 4.17. The summed E-state index contributed by atoms with van der Waals surface area (Å²) in [6, 6.07) is 27.1. The lowest BCUT2D eigenvalue weighted by Gasteiger charge is -2.12. The number of nitrogens with zero attached hydrogens (tertiary/aromatic N) is 1. The van der Waals surface area contributed by atoms with Crippen LogP contribution in [0.1, 0.15) is 63.5 Å². The van der Waals surface area contributed by atoms with Crippen LogP contribution in [0.2, 0.25) is 0 Å². The average Bonchev–Trinajstić information content (AvgIpc) is 3.69. The summed E-state index contributed by atoms with van der Waals surface area (Å²) in [5.74, 6) is -2.19. The van der Waals surface area contributed by atoms with E-state index in [-0.39, 0.29) is 34.9 Å². The Morgan fingerprint density at radius 3 is 0.978 bits per heavy atom. The molecule has 0 spiro atoms. The molecule has 0 aromatic heterocycles. The van der Waals surface area contributed by atoms with Gasteiger partial charge in [0.25, 0.3) is 11.8 Å². The number of para-hydroxylation sites is 1. The van der Waals surface area contributed by atoms with E-state index in [1.165, 1.54) is 49.3 Å². The third-order valence-electron chi connectivity index (χ3n) is 6.05. The lowest BCUT2D eigenvalue weighted by molar-refractivity contribution is -0.124. The number of allylic oxidation sites excluding steroid dienone is 4. The molecule has 2 aliphatic carbocycles.